The first kappa shape index (κ1) is 17.4. The van der Waals surface area contributed by atoms with Gasteiger partial charge in [-0.2, -0.15) is 0 Å². The quantitative estimate of drug-likeness (QED) is 0.674. The Balaban J connectivity index is 2.12. The molecule has 0 spiro atoms. The number of aromatic nitrogens is 2. The van der Waals surface area contributed by atoms with Gasteiger partial charge in [-0.05, 0) is 25.8 Å². The van der Waals surface area contributed by atoms with Crippen molar-refractivity contribution in [2.24, 2.45) is 5.73 Å². The van der Waals surface area contributed by atoms with Crippen molar-refractivity contribution in [1.82, 2.24) is 9.55 Å². The Hall–Kier alpha value is -2.40. The van der Waals surface area contributed by atoms with Gasteiger partial charge in [0.2, 0.25) is 0 Å². The largest absolute Gasteiger partial charge is 0.366 e. The number of thiazole rings is 1. The van der Waals surface area contributed by atoms with E-state index in [1.54, 1.807) is 11.3 Å². The number of rotatable bonds is 6. The Morgan fingerprint density at radius 1 is 1.24 bits per heavy atom. The Morgan fingerprint density at radius 2 is 1.92 bits per heavy atom. The number of hydrogen-bond acceptors (Lipinski definition) is 3. The highest BCUT2D eigenvalue weighted by atomic mass is 32.1. The van der Waals surface area contributed by atoms with E-state index in [9.17, 15) is 4.79 Å². The molecule has 0 bridgehead atoms. The van der Waals surface area contributed by atoms with Crippen molar-refractivity contribution >= 4 is 17.2 Å². The van der Waals surface area contributed by atoms with Crippen LogP contribution in [0.25, 0.3) is 22.0 Å². The van der Waals surface area contributed by atoms with Crippen molar-refractivity contribution < 1.29 is 4.79 Å². The molecule has 3 rings (SSSR count). The Kier molecular flexibility index (Phi) is 5.04. The average molecular weight is 353 g/mol. The third kappa shape index (κ3) is 3.24. The molecule has 0 radical (unpaired) electrons. The van der Waals surface area contributed by atoms with Gasteiger partial charge in [0, 0.05) is 22.7 Å². The highest BCUT2D eigenvalue weighted by Crippen LogP contribution is 2.34. The third-order valence-corrected chi connectivity index (χ3v) is 5.54. The van der Waals surface area contributed by atoms with Gasteiger partial charge in [-0.25, -0.2) is 4.98 Å². The fraction of sp³-hybridized carbons (Fsp3) is 0.300. The molecule has 1 aromatic carbocycles. The van der Waals surface area contributed by atoms with Crippen molar-refractivity contribution in [2.75, 3.05) is 0 Å². The molecule has 0 aliphatic carbocycles. The van der Waals surface area contributed by atoms with Crippen LogP contribution >= 0.6 is 11.3 Å². The van der Waals surface area contributed by atoms with Crippen LogP contribution in [0.5, 0.6) is 0 Å². The van der Waals surface area contributed by atoms with Crippen LogP contribution in [0.1, 0.15) is 48.8 Å². The number of hydrogen-bond donors (Lipinski definition) is 1. The van der Waals surface area contributed by atoms with Crippen molar-refractivity contribution in [3.8, 4) is 22.0 Å². The molecule has 0 aliphatic rings. The van der Waals surface area contributed by atoms with Crippen LogP contribution in [0.2, 0.25) is 0 Å². The summed E-state index contributed by atoms with van der Waals surface area (Å²) in [5, 5.41) is 3.03. The molecule has 2 N–H and O–H groups in total. The van der Waals surface area contributed by atoms with E-state index in [1.807, 2.05) is 31.2 Å². The molecule has 0 saturated heterocycles. The molecule has 0 aliphatic heterocycles. The molecule has 2 heterocycles. The van der Waals surface area contributed by atoms with Gasteiger partial charge in [-0.3, -0.25) is 4.79 Å². The highest BCUT2D eigenvalue weighted by molar-refractivity contribution is 7.13. The monoisotopic (exact) mass is 353 g/mol. The SMILES string of the molecule is CCC(CC)n1c(-c2csc(-c3ccccc3)n2)cc(C(N)=O)c1C. The smallest absolute Gasteiger partial charge is 0.250 e. The van der Waals surface area contributed by atoms with E-state index < -0.39 is 0 Å². The summed E-state index contributed by atoms with van der Waals surface area (Å²) in [5.41, 5.74) is 10.1. The van der Waals surface area contributed by atoms with Crippen molar-refractivity contribution in [1.29, 1.82) is 0 Å². The van der Waals surface area contributed by atoms with Crippen LogP contribution in [0.3, 0.4) is 0 Å². The fourth-order valence-corrected chi connectivity index (χ4v) is 4.12. The zero-order valence-electron chi connectivity index (χ0n) is 14.8. The predicted octanol–water partition coefficient (Wildman–Crippen LogP) is 5.05. The molecule has 130 valence electrons. The van der Waals surface area contributed by atoms with Crippen LogP contribution in [-0.4, -0.2) is 15.5 Å². The summed E-state index contributed by atoms with van der Waals surface area (Å²) in [4.78, 5) is 16.7. The second kappa shape index (κ2) is 7.23. The number of nitrogens with zero attached hydrogens (tertiary/aromatic N) is 2. The molecule has 5 heteroatoms. The van der Waals surface area contributed by atoms with Crippen molar-refractivity contribution in [3.63, 3.8) is 0 Å². The lowest BCUT2D eigenvalue weighted by atomic mass is 10.1. The van der Waals surface area contributed by atoms with Crippen LogP contribution in [0, 0.1) is 6.92 Å². The number of amides is 1. The summed E-state index contributed by atoms with van der Waals surface area (Å²) in [5.74, 6) is -0.387. The summed E-state index contributed by atoms with van der Waals surface area (Å²) in [6.07, 6.45) is 1.99. The van der Waals surface area contributed by atoms with E-state index in [1.165, 1.54) is 0 Å². The van der Waals surface area contributed by atoms with Crippen LogP contribution in [-0.2, 0) is 0 Å². The first-order chi connectivity index (χ1) is 12.1. The second-order valence-electron chi connectivity index (χ2n) is 6.14. The normalized spacial score (nSPS) is 11.2. The van der Waals surface area contributed by atoms with E-state index in [4.69, 9.17) is 10.7 Å². The van der Waals surface area contributed by atoms with E-state index >= 15 is 0 Å². The molecule has 1 amide bonds. The molecule has 4 nitrogen and oxygen atoms in total. The number of primary amides is 1. The van der Waals surface area contributed by atoms with Gasteiger partial charge in [0.05, 0.1) is 17.0 Å². The maximum Gasteiger partial charge on any atom is 0.250 e. The molecule has 0 fully saturated rings. The van der Waals surface area contributed by atoms with Gasteiger partial charge in [0.25, 0.3) is 5.91 Å². The van der Waals surface area contributed by atoms with Gasteiger partial charge in [0.1, 0.15) is 5.01 Å². The number of carbonyl (C=O) groups excluding carboxylic acids is 1. The van der Waals surface area contributed by atoms with E-state index in [0.29, 0.717) is 11.6 Å². The highest BCUT2D eigenvalue weighted by Gasteiger charge is 2.22. The van der Waals surface area contributed by atoms with Crippen molar-refractivity contribution in [2.45, 2.75) is 39.7 Å². The van der Waals surface area contributed by atoms with Gasteiger partial charge in [-0.1, -0.05) is 44.2 Å². The van der Waals surface area contributed by atoms with Crippen LogP contribution in [0.4, 0.5) is 0 Å². The van der Waals surface area contributed by atoms with E-state index in [-0.39, 0.29) is 5.91 Å². The van der Waals surface area contributed by atoms with Gasteiger partial charge >= 0.3 is 0 Å². The molecule has 3 aromatic rings. The molecule has 2 aromatic heterocycles. The Labute approximate surface area is 152 Å². The van der Waals surface area contributed by atoms with Gasteiger partial charge in [0.15, 0.2) is 0 Å². The zero-order chi connectivity index (χ0) is 18.0. The van der Waals surface area contributed by atoms with Crippen LogP contribution < -0.4 is 5.73 Å². The molecule has 0 saturated carbocycles. The first-order valence-corrected chi connectivity index (χ1v) is 9.47. The maximum atomic E-state index is 11.8. The van der Waals surface area contributed by atoms with Gasteiger partial charge in [-0.15, -0.1) is 11.3 Å². The predicted molar refractivity (Wildman–Crippen MR) is 104 cm³/mol. The summed E-state index contributed by atoms with van der Waals surface area (Å²) in [6, 6.07) is 12.4. The van der Waals surface area contributed by atoms with Crippen molar-refractivity contribution in [3.05, 3.63) is 53.0 Å². The first-order valence-electron chi connectivity index (χ1n) is 8.59. The van der Waals surface area contributed by atoms with Crippen LogP contribution in [0.15, 0.2) is 41.8 Å². The third-order valence-electron chi connectivity index (χ3n) is 4.65. The average Bonchev–Trinajstić information content (AvgIpc) is 3.23. The standard InChI is InChI=1S/C20H23N3OS/c1-4-15(5-2)23-13(3)16(19(21)24)11-18(23)17-12-25-20(22-17)14-9-7-6-8-10-14/h6-12,15H,4-5H2,1-3H3,(H2,21,24). The molecule has 0 atom stereocenters. The minimum Gasteiger partial charge on any atom is -0.366 e. The number of benzene rings is 1. The molecule has 25 heavy (non-hydrogen) atoms. The molecule has 0 unspecified atom stereocenters. The van der Waals surface area contributed by atoms with Gasteiger partial charge < -0.3 is 10.3 Å². The summed E-state index contributed by atoms with van der Waals surface area (Å²) in [7, 11) is 0. The minimum absolute atomic E-state index is 0.324. The fourth-order valence-electron chi connectivity index (χ4n) is 3.30. The lowest BCUT2D eigenvalue weighted by Gasteiger charge is -2.20. The Bertz CT molecular complexity index is 876. The lowest BCUT2D eigenvalue weighted by molar-refractivity contribution is 0.0999. The lowest BCUT2D eigenvalue weighted by Crippen LogP contribution is -2.14. The second-order valence-corrected chi connectivity index (χ2v) is 7.00. The molecular formula is C20H23N3OS. The minimum atomic E-state index is -0.387. The Morgan fingerprint density at radius 3 is 2.52 bits per heavy atom. The maximum absolute atomic E-state index is 11.8. The number of nitrogens with two attached hydrogens (primary N) is 1. The van der Waals surface area contributed by atoms with E-state index in [2.05, 4.69) is 35.9 Å². The summed E-state index contributed by atoms with van der Waals surface area (Å²) < 4.78 is 2.23. The summed E-state index contributed by atoms with van der Waals surface area (Å²) in [6.45, 7) is 6.29. The van der Waals surface area contributed by atoms with E-state index in [0.717, 1.165) is 40.5 Å². The molecular weight excluding hydrogens is 330 g/mol. The number of carbonyl (C=O) groups is 1. The topological polar surface area (TPSA) is 60.9 Å². The zero-order valence-corrected chi connectivity index (χ0v) is 15.6. The summed E-state index contributed by atoms with van der Waals surface area (Å²) >= 11 is 1.62.